The van der Waals surface area contributed by atoms with Gasteiger partial charge in [0.05, 0.1) is 6.61 Å². The third-order valence-corrected chi connectivity index (χ3v) is 3.33. The molecule has 84 valence electrons. The monoisotopic (exact) mass is 200 g/mol. The second-order valence-electron chi connectivity index (χ2n) is 4.23. The number of piperidine rings is 1. The van der Waals surface area contributed by atoms with Crippen molar-refractivity contribution in [2.24, 2.45) is 11.7 Å². The Balaban J connectivity index is 2.31. The average Bonchev–Trinajstić information content (AvgIpc) is 2.26. The Morgan fingerprint density at radius 1 is 1.43 bits per heavy atom. The van der Waals surface area contributed by atoms with E-state index in [2.05, 4.69) is 11.8 Å². The van der Waals surface area contributed by atoms with E-state index < -0.39 is 0 Å². The van der Waals surface area contributed by atoms with E-state index in [1.807, 2.05) is 0 Å². The maximum Gasteiger partial charge on any atom is 0.0617 e. The Hall–Kier alpha value is -0.120. The van der Waals surface area contributed by atoms with E-state index in [0.29, 0.717) is 6.04 Å². The second-order valence-corrected chi connectivity index (χ2v) is 4.23. The van der Waals surface area contributed by atoms with E-state index in [9.17, 15) is 0 Å². The minimum absolute atomic E-state index is 0.610. The maximum atomic E-state index is 5.67. The fourth-order valence-electron chi connectivity index (χ4n) is 2.23. The van der Waals surface area contributed by atoms with Gasteiger partial charge in [0.15, 0.2) is 0 Å². The van der Waals surface area contributed by atoms with Gasteiger partial charge in [-0.1, -0.05) is 6.92 Å². The minimum Gasteiger partial charge on any atom is -0.383 e. The standard InChI is InChI=1S/C11H24N2O/c1-3-11(9-14-2)13-6-4-10(8-12)5-7-13/h10-11H,3-9,12H2,1-2H3. The predicted molar refractivity (Wildman–Crippen MR) is 59.3 cm³/mol. The van der Waals surface area contributed by atoms with Crippen LogP contribution in [0.3, 0.4) is 0 Å². The van der Waals surface area contributed by atoms with Crippen molar-refractivity contribution in [3.8, 4) is 0 Å². The molecule has 3 heteroatoms. The molecular formula is C11H24N2O. The molecule has 0 amide bonds. The fraction of sp³-hybridized carbons (Fsp3) is 1.00. The SMILES string of the molecule is CCC(COC)N1CCC(CN)CC1. The molecule has 0 radical (unpaired) electrons. The molecule has 0 aromatic carbocycles. The van der Waals surface area contributed by atoms with Crippen molar-refractivity contribution in [1.29, 1.82) is 0 Å². The third kappa shape index (κ3) is 3.23. The summed E-state index contributed by atoms with van der Waals surface area (Å²) in [7, 11) is 1.79. The zero-order valence-electron chi connectivity index (χ0n) is 9.54. The van der Waals surface area contributed by atoms with Gasteiger partial charge in [0, 0.05) is 13.2 Å². The highest BCUT2D eigenvalue weighted by molar-refractivity contribution is 4.77. The van der Waals surface area contributed by atoms with E-state index in [4.69, 9.17) is 10.5 Å². The first-order valence-corrected chi connectivity index (χ1v) is 5.74. The molecule has 0 aromatic rings. The van der Waals surface area contributed by atoms with E-state index in [1.54, 1.807) is 7.11 Å². The van der Waals surface area contributed by atoms with Crippen molar-refractivity contribution in [3.05, 3.63) is 0 Å². The molecule has 14 heavy (non-hydrogen) atoms. The lowest BCUT2D eigenvalue weighted by atomic mass is 9.96. The van der Waals surface area contributed by atoms with Crippen LogP contribution in [-0.4, -0.2) is 44.3 Å². The molecule has 1 unspecified atom stereocenters. The molecule has 0 aliphatic carbocycles. The van der Waals surface area contributed by atoms with Crippen LogP contribution in [0.4, 0.5) is 0 Å². The van der Waals surface area contributed by atoms with Crippen LogP contribution in [0.5, 0.6) is 0 Å². The van der Waals surface area contributed by atoms with E-state index in [1.165, 1.54) is 32.4 Å². The number of methoxy groups -OCH3 is 1. The van der Waals surface area contributed by atoms with Crippen molar-refractivity contribution >= 4 is 0 Å². The first-order chi connectivity index (χ1) is 6.81. The number of nitrogens with two attached hydrogens (primary N) is 1. The summed E-state index contributed by atoms with van der Waals surface area (Å²) in [6.07, 6.45) is 3.70. The summed E-state index contributed by atoms with van der Waals surface area (Å²) in [4.78, 5) is 2.55. The zero-order chi connectivity index (χ0) is 10.4. The van der Waals surface area contributed by atoms with Gasteiger partial charge in [0.1, 0.15) is 0 Å². The van der Waals surface area contributed by atoms with Crippen molar-refractivity contribution < 1.29 is 4.74 Å². The molecular weight excluding hydrogens is 176 g/mol. The smallest absolute Gasteiger partial charge is 0.0617 e. The molecule has 2 N–H and O–H groups in total. The molecule has 1 atom stereocenters. The van der Waals surface area contributed by atoms with Crippen LogP contribution in [-0.2, 0) is 4.74 Å². The summed E-state index contributed by atoms with van der Waals surface area (Å²) in [6, 6.07) is 0.610. The molecule has 1 rings (SSSR count). The lowest BCUT2D eigenvalue weighted by Gasteiger charge is -2.36. The molecule has 0 spiro atoms. The first kappa shape index (κ1) is 12.0. The van der Waals surface area contributed by atoms with Crippen LogP contribution in [0.25, 0.3) is 0 Å². The van der Waals surface area contributed by atoms with Gasteiger partial charge in [0.25, 0.3) is 0 Å². The van der Waals surface area contributed by atoms with Crippen molar-refractivity contribution in [3.63, 3.8) is 0 Å². The molecule has 1 saturated heterocycles. The zero-order valence-corrected chi connectivity index (χ0v) is 9.54. The Kier molecular flexibility index (Phi) is 5.45. The second kappa shape index (κ2) is 6.38. The van der Waals surface area contributed by atoms with E-state index in [-0.39, 0.29) is 0 Å². The molecule has 3 nitrogen and oxygen atoms in total. The van der Waals surface area contributed by atoms with Crippen LogP contribution in [0.2, 0.25) is 0 Å². The minimum atomic E-state index is 0.610. The molecule has 0 bridgehead atoms. The largest absolute Gasteiger partial charge is 0.383 e. The van der Waals surface area contributed by atoms with Gasteiger partial charge in [-0.3, -0.25) is 4.90 Å². The van der Waals surface area contributed by atoms with Crippen molar-refractivity contribution in [1.82, 2.24) is 4.90 Å². The number of rotatable bonds is 5. The Bertz CT molecular complexity index is 144. The highest BCUT2D eigenvalue weighted by Gasteiger charge is 2.22. The third-order valence-electron chi connectivity index (χ3n) is 3.33. The Labute approximate surface area is 87.6 Å². The predicted octanol–water partition coefficient (Wildman–Crippen LogP) is 1.08. The van der Waals surface area contributed by atoms with Crippen molar-refractivity contribution in [2.45, 2.75) is 32.2 Å². The van der Waals surface area contributed by atoms with E-state index >= 15 is 0 Å². The summed E-state index contributed by atoms with van der Waals surface area (Å²) in [6.45, 7) is 6.35. The molecule has 1 aliphatic rings. The van der Waals surface area contributed by atoms with Crippen molar-refractivity contribution in [2.75, 3.05) is 33.4 Å². The maximum absolute atomic E-state index is 5.67. The van der Waals surface area contributed by atoms with Crippen LogP contribution in [0.15, 0.2) is 0 Å². The quantitative estimate of drug-likeness (QED) is 0.722. The van der Waals surface area contributed by atoms with E-state index in [0.717, 1.165) is 19.1 Å². The molecule has 1 aliphatic heterocycles. The topological polar surface area (TPSA) is 38.5 Å². The van der Waals surface area contributed by atoms with Crippen LogP contribution < -0.4 is 5.73 Å². The highest BCUT2D eigenvalue weighted by atomic mass is 16.5. The van der Waals surface area contributed by atoms with Gasteiger partial charge in [0.2, 0.25) is 0 Å². The molecule has 1 fully saturated rings. The summed E-state index contributed by atoms with van der Waals surface area (Å²) in [5.74, 6) is 0.756. The lowest BCUT2D eigenvalue weighted by Crippen LogP contribution is -2.44. The Morgan fingerprint density at radius 2 is 2.07 bits per heavy atom. The molecule has 0 saturated carbocycles. The van der Waals surface area contributed by atoms with Gasteiger partial charge in [-0.25, -0.2) is 0 Å². The lowest BCUT2D eigenvalue weighted by molar-refractivity contribution is 0.0638. The normalized spacial score (nSPS) is 22.5. The van der Waals surface area contributed by atoms with Crippen LogP contribution in [0.1, 0.15) is 26.2 Å². The number of likely N-dealkylation sites (tertiary alicyclic amines) is 1. The Morgan fingerprint density at radius 3 is 2.50 bits per heavy atom. The summed E-state index contributed by atoms with van der Waals surface area (Å²) >= 11 is 0. The van der Waals surface area contributed by atoms with Gasteiger partial charge in [-0.2, -0.15) is 0 Å². The number of ether oxygens (including phenoxy) is 1. The van der Waals surface area contributed by atoms with Gasteiger partial charge < -0.3 is 10.5 Å². The first-order valence-electron chi connectivity index (χ1n) is 5.74. The number of nitrogens with zero attached hydrogens (tertiary/aromatic N) is 1. The van der Waals surface area contributed by atoms with Crippen LogP contribution >= 0.6 is 0 Å². The average molecular weight is 200 g/mol. The highest BCUT2D eigenvalue weighted by Crippen LogP contribution is 2.19. The number of hydrogen-bond donors (Lipinski definition) is 1. The van der Waals surface area contributed by atoms with Gasteiger partial charge in [-0.15, -0.1) is 0 Å². The molecule has 1 heterocycles. The van der Waals surface area contributed by atoms with Gasteiger partial charge >= 0.3 is 0 Å². The summed E-state index contributed by atoms with van der Waals surface area (Å²) in [5.41, 5.74) is 5.67. The fourth-order valence-corrected chi connectivity index (χ4v) is 2.23. The van der Waals surface area contributed by atoms with Gasteiger partial charge in [-0.05, 0) is 44.8 Å². The molecule has 0 aromatic heterocycles. The summed E-state index contributed by atoms with van der Waals surface area (Å²) < 4.78 is 5.23. The van der Waals surface area contributed by atoms with Crippen LogP contribution in [0, 0.1) is 5.92 Å². The summed E-state index contributed by atoms with van der Waals surface area (Å²) in [5, 5.41) is 0. The number of hydrogen-bond acceptors (Lipinski definition) is 3.